The summed E-state index contributed by atoms with van der Waals surface area (Å²) < 4.78 is 19.7. The summed E-state index contributed by atoms with van der Waals surface area (Å²) >= 11 is 1.35. The lowest BCUT2D eigenvalue weighted by atomic mass is 9.75. The highest BCUT2D eigenvalue weighted by atomic mass is 32.1. The van der Waals surface area contributed by atoms with Crippen LogP contribution in [-0.2, 0) is 32.0 Å². The number of thiazole rings is 1. The van der Waals surface area contributed by atoms with Gasteiger partial charge in [-0.25, -0.2) is 9.37 Å². The number of carbonyl (C=O) groups is 3. The Kier molecular flexibility index (Phi) is 10.7. The summed E-state index contributed by atoms with van der Waals surface area (Å²) in [5.74, 6) is -0.575. The number of benzene rings is 2. The minimum atomic E-state index is -0.695. The van der Waals surface area contributed by atoms with E-state index in [1.165, 1.54) is 17.4 Å². The lowest BCUT2D eigenvalue weighted by Gasteiger charge is -2.40. The fraction of sp³-hybridized carbons (Fsp3) is 0.444. The zero-order valence-corrected chi connectivity index (χ0v) is 27.3. The van der Waals surface area contributed by atoms with Gasteiger partial charge in [0, 0.05) is 56.3 Å². The molecule has 1 spiro atoms. The lowest BCUT2D eigenvalue weighted by Crippen LogP contribution is -2.58. The van der Waals surface area contributed by atoms with Crippen LogP contribution in [0.2, 0.25) is 0 Å². The molecular weight excluding hydrogens is 617 g/mol. The molecule has 0 unspecified atom stereocenters. The molecule has 47 heavy (non-hydrogen) atoms. The Morgan fingerprint density at radius 2 is 1.85 bits per heavy atom. The van der Waals surface area contributed by atoms with E-state index in [9.17, 15) is 18.8 Å². The SMILES string of the molecule is O=C(CN1CC[C@@H]2NC(=O)[C@H](Cc3ccccc3)NC(=O)C3(C/C=C/C[C@@H]2C1)CCOCC3)Nc1ncc(Cc2ccccc2F)s1. The highest BCUT2D eigenvalue weighted by molar-refractivity contribution is 7.15. The van der Waals surface area contributed by atoms with Crippen molar-refractivity contribution in [2.45, 2.75) is 57.0 Å². The van der Waals surface area contributed by atoms with E-state index in [0.717, 1.165) is 16.9 Å². The fourth-order valence-electron chi connectivity index (χ4n) is 6.84. The molecule has 3 aliphatic heterocycles. The number of hydrogen-bond donors (Lipinski definition) is 3. The highest BCUT2D eigenvalue weighted by Crippen LogP contribution is 2.36. The van der Waals surface area contributed by atoms with Crippen LogP contribution in [0.3, 0.4) is 0 Å². The van der Waals surface area contributed by atoms with Gasteiger partial charge in [-0.05, 0) is 55.2 Å². The first-order valence-electron chi connectivity index (χ1n) is 16.5. The van der Waals surface area contributed by atoms with Crippen LogP contribution in [0, 0.1) is 17.2 Å². The quantitative estimate of drug-likeness (QED) is 0.323. The van der Waals surface area contributed by atoms with Crippen molar-refractivity contribution in [2.24, 2.45) is 11.3 Å². The van der Waals surface area contributed by atoms with E-state index in [1.807, 2.05) is 30.3 Å². The molecule has 0 radical (unpaired) electrons. The second-order valence-corrected chi connectivity index (χ2v) is 14.0. The third-order valence-electron chi connectivity index (χ3n) is 9.59. The van der Waals surface area contributed by atoms with E-state index in [-0.39, 0.29) is 42.0 Å². The number of allylic oxidation sites excluding steroid dienone is 2. The van der Waals surface area contributed by atoms with Crippen LogP contribution < -0.4 is 16.0 Å². The van der Waals surface area contributed by atoms with Crippen molar-refractivity contribution in [1.29, 1.82) is 0 Å². The Hall–Kier alpha value is -3.93. The Morgan fingerprint density at radius 1 is 1.06 bits per heavy atom. The summed E-state index contributed by atoms with van der Waals surface area (Å²) in [5, 5.41) is 9.82. The number of carbonyl (C=O) groups excluding carboxylic acids is 3. The summed E-state index contributed by atoms with van der Waals surface area (Å²) in [7, 11) is 0. The monoisotopic (exact) mass is 659 g/mol. The number of halogens is 1. The number of ether oxygens (including phenoxy) is 1. The van der Waals surface area contributed by atoms with E-state index in [2.05, 4.69) is 38.0 Å². The van der Waals surface area contributed by atoms with Gasteiger partial charge in [0.25, 0.3) is 0 Å². The molecular formula is C36H42FN5O4S. The average Bonchev–Trinajstić information content (AvgIpc) is 3.51. The van der Waals surface area contributed by atoms with E-state index in [1.54, 1.807) is 24.4 Å². The van der Waals surface area contributed by atoms with Crippen molar-refractivity contribution in [3.8, 4) is 0 Å². The van der Waals surface area contributed by atoms with Gasteiger partial charge < -0.3 is 20.7 Å². The van der Waals surface area contributed by atoms with Crippen molar-refractivity contribution in [3.05, 3.63) is 94.8 Å². The fourth-order valence-corrected chi connectivity index (χ4v) is 7.69. The predicted octanol–water partition coefficient (Wildman–Crippen LogP) is 4.49. The first-order valence-corrected chi connectivity index (χ1v) is 17.3. The maximum atomic E-state index is 14.1. The van der Waals surface area contributed by atoms with Gasteiger partial charge >= 0.3 is 0 Å². The van der Waals surface area contributed by atoms with Crippen LogP contribution in [0.25, 0.3) is 0 Å². The van der Waals surface area contributed by atoms with Gasteiger partial charge in [-0.15, -0.1) is 11.3 Å². The Balaban J connectivity index is 1.11. The number of amides is 3. The van der Waals surface area contributed by atoms with Crippen LogP contribution in [0.4, 0.5) is 9.52 Å². The number of anilines is 1. The van der Waals surface area contributed by atoms with E-state index < -0.39 is 11.5 Å². The molecule has 4 heterocycles. The zero-order valence-electron chi connectivity index (χ0n) is 26.5. The summed E-state index contributed by atoms with van der Waals surface area (Å²) in [4.78, 5) is 48.0. The molecule has 248 valence electrons. The van der Waals surface area contributed by atoms with Gasteiger partial charge in [0.2, 0.25) is 17.7 Å². The maximum absolute atomic E-state index is 14.1. The van der Waals surface area contributed by atoms with E-state index in [0.29, 0.717) is 75.5 Å². The van der Waals surface area contributed by atoms with Crippen LogP contribution in [0.5, 0.6) is 0 Å². The molecule has 3 amide bonds. The number of likely N-dealkylation sites (tertiary alicyclic amines) is 1. The van der Waals surface area contributed by atoms with Crippen molar-refractivity contribution in [2.75, 3.05) is 38.2 Å². The van der Waals surface area contributed by atoms with Gasteiger partial charge in [0.05, 0.1) is 12.0 Å². The minimum absolute atomic E-state index is 0.0842. The largest absolute Gasteiger partial charge is 0.381 e. The smallest absolute Gasteiger partial charge is 0.243 e. The Bertz CT molecular complexity index is 1570. The molecule has 2 fully saturated rings. The molecule has 0 saturated carbocycles. The first kappa shape index (κ1) is 33.0. The topological polar surface area (TPSA) is 113 Å². The van der Waals surface area contributed by atoms with Crippen molar-refractivity contribution >= 4 is 34.2 Å². The summed E-state index contributed by atoms with van der Waals surface area (Å²) in [6, 6.07) is 15.6. The molecule has 11 heteroatoms. The zero-order chi connectivity index (χ0) is 32.6. The molecule has 6 rings (SSSR count). The Morgan fingerprint density at radius 3 is 2.66 bits per heavy atom. The lowest BCUT2D eigenvalue weighted by molar-refractivity contribution is -0.140. The molecule has 3 atom stereocenters. The first-order chi connectivity index (χ1) is 22.9. The van der Waals surface area contributed by atoms with Crippen molar-refractivity contribution < 1.29 is 23.5 Å². The van der Waals surface area contributed by atoms with Crippen molar-refractivity contribution in [3.63, 3.8) is 0 Å². The summed E-state index contributed by atoms with van der Waals surface area (Å²) in [5.41, 5.74) is 0.967. The molecule has 2 aromatic carbocycles. The predicted molar refractivity (Wildman–Crippen MR) is 179 cm³/mol. The van der Waals surface area contributed by atoms with Gasteiger partial charge in [0.1, 0.15) is 11.9 Å². The molecule has 3 N–H and O–H groups in total. The van der Waals surface area contributed by atoms with E-state index >= 15 is 0 Å². The van der Waals surface area contributed by atoms with Crippen LogP contribution in [0.15, 0.2) is 72.9 Å². The number of rotatable bonds is 7. The highest BCUT2D eigenvalue weighted by Gasteiger charge is 2.41. The minimum Gasteiger partial charge on any atom is -0.381 e. The number of piperidine rings is 1. The number of hydrogen-bond acceptors (Lipinski definition) is 7. The molecule has 3 aromatic rings. The number of fused-ring (bicyclic) bond motifs is 1. The molecule has 2 saturated heterocycles. The Labute approximate surface area is 279 Å². The molecule has 1 aromatic heterocycles. The molecule has 0 aliphatic carbocycles. The van der Waals surface area contributed by atoms with Gasteiger partial charge in [-0.3, -0.25) is 19.3 Å². The number of nitrogens with zero attached hydrogens (tertiary/aromatic N) is 2. The normalized spacial score (nSPS) is 24.2. The standard InChI is InChI=1S/C36H42FN5O4S/c37-29-12-5-4-10-26(29)21-28-22-38-35(47-28)41-32(43)24-42-17-13-30-27(23-42)11-6-7-14-36(15-18-46-19-16-36)34(45)40-31(33(44)39-30)20-25-8-2-1-3-9-25/h1-10,12,22,27,30-31H,11,13-21,23-24H2,(H,39,44)(H,40,45)(H,38,41,43)/b7-6+/t27-,30+,31+/m1/s1. The number of aromatic nitrogens is 1. The van der Waals surface area contributed by atoms with Gasteiger partial charge in [0.15, 0.2) is 5.13 Å². The number of nitrogens with one attached hydrogen (secondary N) is 3. The van der Waals surface area contributed by atoms with Crippen LogP contribution in [0.1, 0.15) is 48.1 Å². The van der Waals surface area contributed by atoms with Gasteiger partial charge in [-0.1, -0.05) is 60.7 Å². The molecule has 0 bridgehead atoms. The third kappa shape index (κ3) is 8.51. The maximum Gasteiger partial charge on any atom is 0.243 e. The van der Waals surface area contributed by atoms with E-state index in [4.69, 9.17) is 4.74 Å². The summed E-state index contributed by atoms with van der Waals surface area (Å²) in [6.07, 6.45) is 9.99. The second-order valence-electron chi connectivity index (χ2n) is 12.9. The molecule has 9 nitrogen and oxygen atoms in total. The summed E-state index contributed by atoms with van der Waals surface area (Å²) in [6.45, 7) is 2.54. The molecule has 3 aliphatic rings. The van der Waals surface area contributed by atoms with Gasteiger partial charge in [-0.2, -0.15) is 0 Å². The van der Waals surface area contributed by atoms with Crippen molar-refractivity contribution in [1.82, 2.24) is 20.5 Å². The van der Waals surface area contributed by atoms with Crippen LogP contribution in [-0.4, -0.2) is 72.5 Å². The third-order valence-corrected chi connectivity index (χ3v) is 10.5. The second kappa shape index (κ2) is 15.3. The van der Waals surface area contributed by atoms with Crippen LogP contribution >= 0.6 is 11.3 Å². The average molecular weight is 660 g/mol.